The van der Waals surface area contributed by atoms with E-state index < -0.39 is 10.0 Å². The van der Waals surface area contributed by atoms with Crippen LogP contribution in [0.2, 0.25) is 0 Å². The number of hydrogen-bond acceptors (Lipinski definition) is 4. The molecule has 0 saturated heterocycles. The van der Waals surface area contributed by atoms with Crippen molar-refractivity contribution in [3.8, 4) is 0 Å². The van der Waals surface area contributed by atoms with E-state index in [0.29, 0.717) is 12.2 Å². The van der Waals surface area contributed by atoms with Gasteiger partial charge in [-0.05, 0) is 49.9 Å². The quantitative estimate of drug-likeness (QED) is 0.773. The first-order chi connectivity index (χ1) is 12.2. The van der Waals surface area contributed by atoms with Gasteiger partial charge in [0, 0.05) is 24.7 Å². The standard InChI is InChI=1S/C18H22FN3O3S/c1-13(14-6-8-15(19)9-7-14)22(2)11-10-18(23)21-16-4-3-5-17(12-16)26(20,24)25/h3-9,12-13H,10-11H2,1-2H3,(H,21,23)(H2,20,24,25). The molecule has 0 spiro atoms. The predicted molar refractivity (Wildman–Crippen MR) is 98.5 cm³/mol. The second-order valence-corrected chi connectivity index (χ2v) is 7.64. The summed E-state index contributed by atoms with van der Waals surface area (Å²) in [6.07, 6.45) is 0.224. The predicted octanol–water partition coefficient (Wildman–Crippen LogP) is 2.49. The molecule has 2 rings (SSSR count). The molecule has 1 atom stereocenters. The van der Waals surface area contributed by atoms with Crippen LogP contribution in [0, 0.1) is 5.82 Å². The maximum Gasteiger partial charge on any atom is 0.238 e. The van der Waals surface area contributed by atoms with Crippen LogP contribution in [0.3, 0.4) is 0 Å². The number of nitrogens with one attached hydrogen (secondary N) is 1. The highest BCUT2D eigenvalue weighted by atomic mass is 32.2. The van der Waals surface area contributed by atoms with Gasteiger partial charge in [-0.3, -0.25) is 9.69 Å². The van der Waals surface area contributed by atoms with Crippen molar-refractivity contribution in [2.24, 2.45) is 5.14 Å². The average Bonchev–Trinajstić information content (AvgIpc) is 2.59. The van der Waals surface area contributed by atoms with Gasteiger partial charge >= 0.3 is 0 Å². The smallest absolute Gasteiger partial charge is 0.238 e. The van der Waals surface area contributed by atoms with E-state index in [9.17, 15) is 17.6 Å². The van der Waals surface area contributed by atoms with E-state index in [1.165, 1.54) is 30.3 Å². The van der Waals surface area contributed by atoms with E-state index in [0.717, 1.165) is 5.56 Å². The Hall–Kier alpha value is -2.29. The van der Waals surface area contributed by atoms with Crippen LogP contribution >= 0.6 is 0 Å². The molecule has 2 aromatic carbocycles. The highest BCUT2D eigenvalue weighted by molar-refractivity contribution is 7.89. The fourth-order valence-corrected chi connectivity index (χ4v) is 3.00. The van der Waals surface area contributed by atoms with Crippen molar-refractivity contribution < 1.29 is 17.6 Å². The Morgan fingerprint density at radius 3 is 2.50 bits per heavy atom. The van der Waals surface area contributed by atoms with Crippen molar-refractivity contribution in [1.82, 2.24) is 4.90 Å². The summed E-state index contributed by atoms with van der Waals surface area (Å²) < 4.78 is 35.7. The van der Waals surface area contributed by atoms with Gasteiger partial charge in [-0.25, -0.2) is 17.9 Å². The average molecular weight is 379 g/mol. The largest absolute Gasteiger partial charge is 0.326 e. The summed E-state index contributed by atoms with van der Waals surface area (Å²) in [6, 6.07) is 12.1. The molecule has 3 N–H and O–H groups in total. The number of amides is 1. The van der Waals surface area contributed by atoms with Crippen molar-refractivity contribution in [3.05, 3.63) is 59.9 Å². The molecule has 8 heteroatoms. The number of primary sulfonamides is 1. The van der Waals surface area contributed by atoms with Gasteiger partial charge in [0.15, 0.2) is 0 Å². The number of anilines is 1. The van der Waals surface area contributed by atoms with Gasteiger partial charge in [-0.2, -0.15) is 0 Å². The van der Waals surface area contributed by atoms with Crippen LogP contribution in [0.4, 0.5) is 10.1 Å². The number of sulfonamides is 1. The Morgan fingerprint density at radius 1 is 1.23 bits per heavy atom. The molecule has 6 nitrogen and oxygen atoms in total. The molecule has 0 aliphatic carbocycles. The first-order valence-electron chi connectivity index (χ1n) is 8.05. The zero-order valence-corrected chi connectivity index (χ0v) is 15.5. The summed E-state index contributed by atoms with van der Waals surface area (Å²) >= 11 is 0. The molecule has 0 aliphatic heterocycles. The normalized spacial score (nSPS) is 12.8. The van der Waals surface area contributed by atoms with Crippen LogP contribution in [0.25, 0.3) is 0 Å². The SMILES string of the molecule is CC(c1ccc(F)cc1)N(C)CCC(=O)Nc1cccc(S(N)(=O)=O)c1. The zero-order valence-electron chi connectivity index (χ0n) is 14.6. The Balaban J connectivity index is 1.91. The number of halogens is 1. The van der Waals surface area contributed by atoms with Gasteiger partial charge in [0.2, 0.25) is 15.9 Å². The van der Waals surface area contributed by atoms with Gasteiger partial charge in [-0.15, -0.1) is 0 Å². The summed E-state index contributed by atoms with van der Waals surface area (Å²) in [6.45, 7) is 2.46. The maximum absolute atomic E-state index is 13.0. The molecule has 0 bridgehead atoms. The second-order valence-electron chi connectivity index (χ2n) is 6.08. The lowest BCUT2D eigenvalue weighted by atomic mass is 10.1. The molecule has 0 aliphatic rings. The Morgan fingerprint density at radius 2 is 1.88 bits per heavy atom. The Bertz CT molecular complexity index is 870. The van der Waals surface area contributed by atoms with Crippen molar-refractivity contribution in [2.75, 3.05) is 18.9 Å². The minimum atomic E-state index is -3.82. The third-order valence-corrected chi connectivity index (χ3v) is 5.06. The van der Waals surface area contributed by atoms with E-state index >= 15 is 0 Å². The fourth-order valence-electron chi connectivity index (χ4n) is 2.44. The Labute approximate surface area is 152 Å². The first-order valence-corrected chi connectivity index (χ1v) is 9.60. The van der Waals surface area contributed by atoms with Crippen LogP contribution in [0.15, 0.2) is 53.4 Å². The van der Waals surface area contributed by atoms with E-state index in [1.54, 1.807) is 18.2 Å². The van der Waals surface area contributed by atoms with E-state index in [1.807, 2.05) is 18.9 Å². The van der Waals surface area contributed by atoms with Crippen molar-refractivity contribution in [1.29, 1.82) is 0 Å². The minimum absolute atomic E-state index is 0.0223. The molecule has 1 unspecified atom stereocenters. The molecule has 26 heavy (non-hydrogen) atoms. The van der Waals surface area contributed by atoms with Crippen LogP contribution < -0.4 is 10.5 Å². The second kappa shape index (κ2) is 8.39. The van der Waals surface area contributed by atoms with Gasteiger partial charge in [0.1, 0.15) is 5.82 Å². The van der Waals surface area contributed by atoms with Crippen LogP contribution in [-0.4, -0.2) is 32.8 Å². The molecule has 140 valence electrons. The highest BCUT2D eigenvalue weighted by Crippen LogP contribution is 2.19. The lowest BCUT2D eigenvalue weighted by Gasteiger charge is -2.24. The van der Waals surface area contributed by atoms with Crippen LogP contribution in [-0.2, 0) is 14.8 Å². The number of benzene rings is 2. The number of nitrogens with two attached hydrogens (primary N) is 1. The number of rotatable bonds is 7. The molecule has 0 heterocycles. The van der Waals surface area contributed by atoms with Crippen LogP contribution in [0.1, 0.15) is 24.9 Å². The summed E-state index contributed by atoms with van der Waals surface area (Å²) in [7, 11) is -1.94. The molecule has 1 amide bonds. The van der Waals surface area contributed by atoms with E-state index in [2.05, 4.69) is 5.32 Å². The zero-order chi connectivity index (χ0) is 19.3. The van der Waals surface area contributed by atoms with Gasteiger partial charge in [0.25, 0.3) is 0 Å². The third kappa shape index (κ3) is 5.62. The number of nitrogens with zero attached hydrogens (tertiary/aromatic N) is 1. The first kappa shape index (κ1) is 20.0. The lowest BCUT2D eigenvalue weighted by Crippen LogP contribution is -2.27. The van der Waals surface area contributed by atoms with E-state index in [4.69, 9.17) is 5.14 Å². The third-order valence-electron chi connectivity index (χ3n) is 4.15. The number of carbonyl (C=O) groups excluding carboxylic acids is 1. The summed E-state index contributed by atoms with van der Waals surface area (Å²) in [4.78, 5) is 14.0. The Kier molecular flexibility index (Phi) is 6.47. The minimum Gasteiger partial charge on any atom is -0.326 e. The molecular weight excluding hydrogens is 357 g/mol. The van der Waals surface area contributed by atoms with Crippen molar-refractivity contribution in [3.63, 3.8) is 0 Å². The molecular formula is C18H22FN3O3S. The van der Waals surface area contributed by atoms with Crippen LogP contribution in [0.5, 0.6) is 0 Å². The highest BCUT2D eigenvalue weighted by Gasteiger charge is 2.14. The molecule has 2 aromatic rings. The van der Waals surface area contributed by atoms with Gasteiger partial charge in [-0.1, -0.05) is 18.2 Å². The summed E-state index contributed by atoms with van der Waals surface area (Å²) in [5.41, 5.74) is 1.32. The molecule has 0 radical (unpaired) electrons. The lowest BCUT2D eigenvalue weighted by molar-refractivity contribution is -0.116. The summed E-state index contributed by atoms with van der Waals surface area (Å²) in [5, 5.41) is 7.74. The number of hydrogen-bond donors (Lipinski definition) is 2. The van der Waals surface area contributed by atoms with Gasteiger partial charge in [0.05, 0.1) is 4.90 Å². The van der Waals surface area contributed by atoms with E-state index in [-0.39, 0.29) is 29.1 Å². The molecule has 0 aromatic heterocycles. The maximum atomic E-state index is 13.0. The van der Waals surface area contributed by atoms with Crippen molar-refractivity contribution >= 4 is 21.6 Å². The van der Waals surface area contributed by atoms with Gasteiger partial charge < -0.3 is 5.32 Å². The monoisotopic (exact) mass is 379 g/mol. The number of carbonyl (C=O) groups is 1. The molecule has 0 saturated carbocycles. The fraction of sp³-hybridized carbons (Fsp3) is 0.278. The van der Waals surface area contributed by atoms with Crippen molar-refractivity contribution in [2.45, 2.75) is 24.3 Å². The molecule has 0 fully saturated rings. The topological polar surface area (TPSA) is 92.5 Å². The summed E-state index contributed by atoms with van der Waals surface area (Å²) in [5.74, 6) is -0.528.